The van der Waals surface area contributed by atoms with Gasteiger partial charge in [0, 0.05) is 30.7 Å². The van der Waals surface area contributed by atoms with Gasteiger partial charge in [-0.15, -0.1) is 0 Å². The number of likely N-dealkylation sites (tertiary alicyclic amines) is 1. The second-order valence-electron chi connectivity index (χ2n) is 9.70. The number of carbonyl (C=O) groups excluding carboxylic acids is 2. The molecule has 1 aliphatic heterocycles. The highest BCUT2D eigenvalue weighted by atomic mass is 16.3. The monoisotopic (exact) mass is 400 g/mol. The van der Waals surface area contributed by atoms with Gasteiger partial charge < -0.3 is 20.4 Å². The third-order valence-corrected chi connectivity index (χ3v) is 7.49. The molecular formula is C23H32N2O4. The topological polar surface area (TPSA) is 89.9 Å². The first-order valence-corrected chi connectivity index (χ1v) is 10.7. The van der Waals surface area contributed by atoms with Crippen molar-refractivity contribution in [3.8, 4) is 5.75 Å². The first-order valence-electron chi connectivity index (χ1n) is 10.7. The zero-order valence-corrected chi connectivity index (χ0v) is 17.6. The SMILES string of the molecule is CC(C)CCC(=O)N[C@H]1C[C@@]2(O)[C@H]3Cc4ccc(O)cc4[C@@]2(CCN3C)CC1=O. The predicted octanol–water partition coefficient (Wildman–Crippen LogP) is 1.91. The highest BCUT2D eigenvalue weighted by Crippen LogP contribution is 2.57. The van der Waals surface area contributed by atoms with Crippen molar-refractivity contribution in [2.45, 2.75) is 75.5 Å². The van der Waals surface area contributed by atoms with E-state index in [4.69, 9.17) is 0 Å². The molecule has 158 valence electrons. The summed E-state index contributed by atoms with van der Waals surface area (Å²) in [6, 6.07) is 4.56. The first kappa shape index (κ1) is 20.4. The Labute approximate surface area is 172 Å². The van der Waals surface area contributed by atoms with Crippen LogP contribution in [0.3, 0.4) is 0 Å². The molecule has 1 aromatic rings. The smallest absolute Gasteiger partial charge is 0.220 e. The van der Waals surface area contributed by atoms with Crippen molar-refractivity contribution in [2.24, 2.45) is 5.92 Å². The largest absolute Gasteiger partial charge is 0.508 e. The highest BCUT2D eigenvalue weighted by molar-refractivity contribution is 5.91. The van der Waals surface area contributed by atoms with Gasteiger partial charge in [0.15, 0.2) is 5.78 Å². The summed E-state index contributed by atoms with van der Waals surface area (Å²) in [7, 11) is 2.02. The van der Waals surface area contributed by atoms with Crippen LogP contribution in [0.2, 0.25) is 0 Å². The molecule has 2 bridgehead atoms. The van der Waals surface area contributed by atoms with Crippen LogP contribution in [0, 0.1) is 5.92 Å². The van der Waals surface area contributed by atoms with E-state index < -0.39 is 17.1 Å². The average Bonchev–Trinajstić information content (AvgIpc) is 2.65. The van der Waals surface area contributed by atoms with E-state index in [9.17, 15) is 19.8 Å². The summed E-state index contributed by atoms with van der Waals surface area (Å²) in [6.45, 7) is 4.93. The second kappa shape index (κ2) is 7.10. The Morgan fingerprint density at radius 2 is 2.14 bits per heavy atom. The molecule has 0 radical (unpaired) electrons. The summed E-state index contributed by atoms with van der Waals surface area (Å²) in [5.74, 6) is 0.441. The second-order valence-corrected chi connectivity index (χ2v) is 9.70. The zero-order valence-electron chi connectivity index (χ0n) is 17.6. The number of hydrogen-bond donors (Lipinski definition) is 3. The fraction of sp³-hybridized carbons (Fsp3) is 0.652. The molecule has 1 amide bonds. The van der Waals surface area contributed by atoms with E-state index in [-0.39, 0.29) is 36.3 Å². The van der Waals surface area contributed by atoms with E-state index in [0.29, 0.717) is 25.2 Å². The van der Waals surface area contributed by atoms with Crippen LogP contribution in [0.1, 0.15) is 57.1 Å². The first-order chi connectivity index (χ1) is 13.7. The molecule has 3 aliphatic rings. The Balaban J connectivity index is 1.68. The Hall–Kier alpha value is -1.92. The van der Waals surface area contributed by atoms with Crippen molar-refractivity contribution >= 4 is 11.7 Å². The third-order valence-electron chi connectivity index (χ3n) is 7.49. The van der Waals surface area contributed by atoms with Gasteiger partial charge in [-0.1, -0.05) is 19.9 Å². The highest BCUT2D eigenvalue weighted by Gasteiger charge is 2.66. The van der Waals surface area contributed by atoms with Crippen LogP contribution in [0.4, 0.5) is 0 Å². The molecule has 1 aromatic carbocycles. The summed E-state index contributed by atoms with van der Waals surface area (Å²) in [6.07, 6.45) is 2.92. The van der Waals surface area contributed by atoms with Crippen LogP contribution in [0.15, 0.2) is 18.2 Å². The maximum atomic E-state index is 13.1. The minimum atomic E-state index is -1.12. The number of likely N-dealkylation sites (N-methyl/N-ethyl adjacent to an activating group) is 1. The van der Waals surface area contributed by atoms with E-state index in [1.54, 1.807) is 12.1 Å². The number of benzene rings is 1. The molecule has 0 unspecified atom stereocenters. The third kappa shape index (κ3) is 3.17. The number of nitrogens with one attached hydrogen (secondary N) is 1. The van der Waals surface area contributed by atoms with E-state index in [2.05, 4.69) is 24.1 Å². The number of Topliss-reactive ketones (excluding diaryl/α,β-unsaturated/α-hetero) is 1. The van der Waals surface area contributed by atoms with Gasteiger partial charge in [-0.25, -0.2) is 0 Å². The lowest BCUT2D eigenvalue weighted by atomic mass is 9.48. The predicted molar refractivity (Wildman–Crippen MR) is 110 cm³/mol. The minimum Gasteiger partial charge on any atom is -0.508 e. The fourth-order valence-electron chi connectivity index (χ4n) is 5.84. The number of ketones is 1. The van der Waals surface area contributed by atoms with Crippen LogP contribution in [-0.2, 0) is 21.4 Å². The maximum Gasteiger partial charge on any atom is 0.220 e. The van der Waals surface area contributed by atoms with Crippen molar-refractivity contribution in [1.29, 1.82) is 0 Å². The number of nitrogens with zero attached hydrogens (tertiary/aromatic N) is 1. The summed E-state index contributed by atoms with van der Waals surface area (Å²) >= 11 is 0. The van der Waals surface area contributed by atoms with Crippen molar-refractivity contribution in [2.75, 3.05) is 13.6 Å². The number of aromatic hydroxyl groups is 1. The Kier molecular flexibility index (Phi) is 4.98. The standard InChI is InChI=1S/C23H32N2O4/c1-14(2)4-7-21(28)24-18-12-23(29)20-10-15-5-6-16(26)11-17(15)22(23,13-19(18)27)8-9-25(20)3/h5-6,11,14,18,20,26,29H,4,7-10,12-13H2,1-3H3,(H,24,28)/t18-,20+,22+,23+/m0/s1. The van der Waals surface area contributed by atoms with Crippen LogP contribution in [-0.4, -0.2) is 58.1 Å². The average molecular weight is 401 g/mol. The number of aliphatic hydroxyl groups is 1. The molecule has 29 heavy (non-hydrogen) atoms. The maximum absolute atomic E-state index is 13.1. The molecule has 2 fully saturated rings. The fourth-order valence-corrected chi connectivity index (χ4v) is 5.84. The van der Waals surface area contributed by atoms with Crippen molar-refractivity contribution in [1.82, 2.24) is 10.2 Å². The molecule has 1 heterocycles. The normalized spacial score (nSPS) is 33.9. The lowest BCUT2D eigenvalue weighted by Gasteiger charge is -2.63. The number of hydrogen-bond acceptors (Lipinski definition) is 5. The van der Waals surface area contributed by atoms with E-state index >= 15 is 0 Å². The molecule has 1 saturated carbocycles. The zero-order chi connectivity index (χ0) is 21.0. The Morgan fingerprint density at radius 1 is 1.38 bits per heavy atom. The van der Waals surface area contributed by atoms with E-state index in [1.807, 2.05) is 13.1 Å². The molecule has 6 heteroatoms. The van der Waals surface area contributed by atoms with Gasteiger partial charge in [0.1, 0.15) is 5.75 Å². The van der Waals surface area contributed by atoms with Gasteiger partial charge in [-0.2, -0.15) is 0 Å². The molecule has 4 atom stereocenters. The lowest BCUT2D eigenvalue weighted by molar-refractivity contribution is -0.174. The van der Waals surface area contributed by atoms with Crippen LogP contribution in [0.5, 0.6) is 5.75 Å². The number of amides is 1. The number of carbonyl (C=O) groups is 2. The van der Waals surface area contributed by atoms with Crippen LogP contribution in [0.25, 0.3) is 0 Å². The number of fused-ring (bicyclic) bond motifs is 1. The molecule has 1 saturated heterocycles. The number of rotatable bonds is 4. The summed E-state index contributed by atoms with van der Waals surface area (Å²) in [5, 5.41) is 25.1. The summed E-state index contributed by atoms with van der Waals surface area (Å²) in [4.78, 5) is 27.7. The number of phenols is 1. The molecule has 6 nitrogen and oxygen atoms in total. The van der Waals surface area contributed by atoms with Gasteiger partial charge in [0.05, 0.1) is 11.6 Å². The summed E-state index contributed by atoms with van der Waals surface area (Å²) < 4.78 is 0. The Bertz CT molecular complexity index is 838. The lowest BCUT2D eigenvalue weighted by Crippen LogP contribution is -2.75. The molecule has 2 aliphatic carbocycles. The van der Waals surface area contributed by atoms with Gasteiger partial charge in [-0.3, -0.25) is 9.59 Å². The van der Waals surface area contributed by atoms with Gasteiger partial charge in [0.25, 0.3) is 0 Å². The van der Waals surface area contributed by atoms with Gasteiger partial charge >= 0.3 is 0 Å². The van der Waals surface area contributed by atoms with E-state index in [1.165, 1.54) is 0 Å². The quantitative estimate of drug-likeness (QED) is 0.718. The molecule has 4 rings (SSSR count). The molecule has 0 aromatic heterocycles. The van der Waals surface area contributed by atoms with Gasteiger partial charge in [0.2, 0.25) is 5.91 Å². The number of phenolic OH excluding ortho intramolecular Hbond substituents is 1. The number of piperidine rings is 1. The Morgan fingerprint density at radius 3 is 2.86 bits per heavy atom. The molecular weight excluding hydrogens is 368 g/mol. The molecule has 0 spiro atoms. The van der Waals surface area contributed by atoms with Crippen LogP contribution >= 0.6 is 0 Å². The van der Waals surface area contributed by atoms with Crippen molar-refractivity contribution in [3.05, 3.63) is 29.3 Å². The van der Waals surface area contributed by atoms with Crippen LogP contribution < -0.4 is 5.32 Å². The van der Waals surface area contributed by atoms with Gasteiger partial charge in [-0.05, 0) is 62.0 Å². The molecule has 3 N–H and O–H groups in total. The van der Waals surface area contributed by atoms with Crippen molar-refractivity contribution in [3.63, 3.8) is 0 Å². The van der Waals surface area contributed by atoms with Crippen molar-refractivity contribution < 1.29 is 19.8 Å². The summed E-state index contributed by atoms with van der Waals surface area (Å²) in [5.41, 5.74) is 0.177. The van der Waals surface area contributed by atoms with E-state index in [0.717, 1.165) is 24.1 Å². The minimum absolute atomic E-state index is 0.0212.